The summed E-state index contributed by atoms with van der Waals surface area (Å²) in [5, 5.41) is 11.2. The Hall–Kier alpha value is -3.15. The van der Waals surface area contributed by atoms with Crippen molar-refractivity contribution in [3.8, 4) is 0 Å². The molecular weight excluding hydrogens is 292 g/mol. The summed E-state index contributed by atoms with van der Waals surface area (Å²) >= 11 is 0. The summed E-state index contributed by atoms with van der Waals surface area (Å²) in [6.45, 7) is 0.456. The fourth-order valence-corrected chi connectivity index (χ4v) is 2.18. The van der Waals surface area contributed by atoms with Gasteiger partial charge in [-0.3, -0.25) is 4.79 Å². The van der Waals surface area contributed by atoms with Gasteiger partial charge in [0.05, 0.1) is 31.2 Å². The number of carbonyl (C=O) groups is 1. The lowest BCUT2D eigenvalue weighted by atomic mass is 10.1. The molecule has 0 fully saturated rings. The highest BCUT2D eigenvalue weighted by atomic mass is 16.3. The van der Waals surface area contributed by atoms with E-state index in [4.69, 9.17) is 4.42 Å². The molecule has 6 heteroatoms. The van der Waals surface area contributed by atoms with Crippen LogP contribution in [0.3, 0.4) is 0 Å². The lowest BCUT2D eigenvalue weighted by molar-refractivity contribution is -0.117. The van der Waals surface area contributed by atoms with Gasteiger partial charge < -0.3 is 9.73 Å². The third-order valence-electron chi connectivity index (χ3n) is 3.27. The van der Waals surface area contributed by atoms with Crippen molar-refractivity contribution in [1.82, 2.24) is 20.3 Å². The number of hydrogen-bond donors (Lipinski definition) is 1. The van der Waals surface area contributed by atoms with Gasteiger partial charge in [-0.05, 0) is 23.8 Å². The van der Waals surface area contributed by atoms with Crippen LogP contribution in [-0.4, -0.2) is 20.9 Å². The maximum Gasteiger partial charge on any atom is 0.244 e. The molecule has 6 nitrogen and oxygen atoms in total. The smallest absolute Gasteiger partial charge is 0.244 e. The van der Waals surface area contributed by atoms with Crippen LogP contribution in [0.2, 0.25) is 0 Å². The summed E-state index contributed by atoms with van der Waals surface area (Å²) in [6, 6.07) is 13.1. The van der Waals surface area contributed by atoms with Gasteiger partial charge in [0.1, 0.15) is 5.76 Å². The van der Waals surface area contributed by atoms with E-state index in [-0.39, 0.29) is 11.9 Å². The third-order valence-corrected chi connectivity index (χ3v) is 3.27. The average molecular weight is 308 g/mol. The van der Waals surface area contributed by atoms with E-state index < -0.39 is 0 Å². The standard InChI is InChI=1S/C17H16N4O2/c22-17(9-8-15-7-4-12-23-15)20-16(13-21-18-10-11-19-21)14-5-2-1-3-6-14/h1-12,16H,13H2,(H,20,22)/b9-8+/t16-/m0/s1. The molecule has 1 amide bonds. The molecule has 1 atom stereocenters. The molecule has 0 spiro atoms. The van der Waals surface area contributed by atoms with Crippen LogP contribution in [0, 0.1) is 0 Å². The first-order chi connectivity index (χ1) is 11.3. The molecule has 0 saturated heterocycles. The SMILES string of the molecule is O=C(/C=C/c1ccco1)N[C@@H](Cn1nccn1)c1ccccc1. The van der Waals surface area contributed by atoms with Crippen LogP contribution in [0.15, 0.2) is 71.6 Å². The van der Waals surface area contributed by atoms with Crippen LogP contribution in [0.1, 0.15) is 17.4 Å². The van der Waals surface area contributed by atoms with Gasteiger partial charge in [-0.1, -0.05) is 30.3 Å². The molecule has 0 unspecified atom stereocenters. The molecule has 0 radical (unpaired) electrons. The molecule has 3 rings (SSSR count). The van der Waals surface area contributed by atoms with Gasteiger partial charge in [0.25, 0.3) is 0 Å². The van der Waals surface area contributed by atoms with Crippen molar-refractivity contribution in [3.05, 3.63) is 78.5 Å². The zero-order chi connectivity index (χ0) is 15.9. The number of carbonyl (C=O) groups excluding carboxylic acids is 1. The predicted molar refractivity (Wildman–Crippen MR) is 85.1 cm³/mol. The molecule has 0 bridgehead atoms. The number of nitrogens with one attached hydrogen (secondary N) is 1. The fourth-order valence-electron chi connectivity index (χ4n) is 2.18. The second-order valence-electron chi connectivity index (χ2n) is 4.90. The van der Waals surface area contributed by atoms with Crippen molar-refractivity contribution in [3.63, 3.8) is 0 Å². The van der Waals surface area contributed by atoms with Gasteiger partial charge >= 0.3 is 0 Å². The van der Waals surface area contributed by atoms with Gasteiger partial charge in [-0.25, -0.2) is 0 Å². The van der Waals surface area contributed by atoms with E-state index in [0.717, 1.165) is 5.56 Å². The second-order valence-corrected chi connectivity index (χ2v) is 4.90. The van der Waals surface area contributed by atoms with Crippen LogP contribution >= 0.6 is 0 Å². The van der Waals surface area contributed by atoms with Crippen LogP contribution in [-0.2, 0) is 11.3 Å². The highest BCUT2D eigenvalue weighted by Gasteiger charge is 2.14. The van der Waals surface area contributed by atoms with Gasteiger partial charge in [0.15, 0.2) is 0 Å². The molecule has 0 aliphatic heterocycles. The summed E-state index contributed by atoms with van der Waals surface area (Å²) in [7, 11) is 0. The Morgan fingerprint density at radius 2 is 1.96 bits per heavy atom. The highest BCUT2D eigenvalue weighted by Crippen LogP contribution is 2.14. The van der Waals surface area contributed by atoms with E-state index in [1.165, 1.54) is 6.08 Å². The Labute approximate surface area is 133 Å². The van der Waals surface area contributed by atoms with Crippen molar-refractivity contribution >= 4 is 12.0 Å². The molecule has 0 aliphatic carbocycles. The quantitative estimate of drug-likeness (QED) is 0.710. The number of nitrogens with zero attached hydrogens (tertiary/aromatic N) is 3. The monoisotopic (exact) mass is 308 g/mol. The Morgan fingerprint density at radius 1 is 1.17 bits per heavy atom. The first kappa shape index (κ1) is 14.8. The minimum absolute atomic E-state index is 0.206. The maximum atomic E-state index is 12.2. The van der Waals surface area contributed by atoms with Crippen molar-refractivity contribution in [2.75, 3.05) is 0 Å². The zero-order valence-corrected chi connectivity index (χ0v) is 12.4. The van der Waals surface area contributed by atoms with Crippen molar-refractivity contribution in [2.45, 2.75) is 12.6 Å². The maximum absolute atomic E-state index is 12.2. The molecule has 1 aromatic carbocycles. The summed E-state index contributed by atoms with van der Waals surface area (Å²) in [5.74, 6) is 0.424. The largest absolute Gasteiger partial charge is 0.465 e. The lowest BCUT2D eigenvalue weighted by Gasteiger charge is -2.17. The van der Waals surface area contributed by atoms with E-state index in [0.29, 0.717) is 12.3 Å². The van der Waals surface area contributed by atoms with E-state index in [1.807, 2.05) is 30.3 Å². The summed E-state index contributed by atoms with van der Waals surface area (Å²) < 4.78 is 5.17. The van der Waals surface area contributed by atoms with Crippen molar-refractivity contribution in [2.24, 2.45) is 0 Å². The van der Waals surface area contributed by atoms with Gasteiger partial charge in [0, 0.05) is 6.08 Å². The molecule has 2 aromatic heterocycles. The second kappa shape index (κ2) is 7.22. The van der Waals surface area contributed by atoms with Crippen LogP contribution in [0.25, 0.3) is 6.08 Å². The molecule has 116 valence electrons. The summed E-state index contributed by atoms with van der Waals surface area (Å²) in [6.07, 6.45) is 7.87. The first-order valence-corrected chi connectivity index (χ1v) is 7.22. The normalized spacial score (nSPS) is 12.3. The number of benzene rings is 1. The average Bonchev–Trinajstić information content (AvgIpc) is 3.27. The predicted octanol–water partition coefficient (Wildman–Crippen LogP) is 2.44. The third kappa shape index (κ3) is 4.16. The van der Waals surface area contributed by atoms with Crippen molar-refractivity contribution in [1.29, 1.82) is 0 Å². The molecule has 0 aliphatic rings. The lowest BCUT2D eigenvalue weighted by Crippen LogP contribution is -2.30. The molecular formula is C17H16N4O2. The first-order valence-electron chi connectivity index (χ1n) is 7.22. The summed E-state index contributed by atoms with van der Waals surface area (Å²) in [5.41, 5.74) is 0.990. The van der Waals surface area contributed by atoms with E-state index in [9.17, 15) is 4.79 Å². The van der Waals surface area contributed by atoms with Crippen LogP contribution in [0.5, 0.6) is 0 Å². The zero-order valence-electron chi connectivity index (χ0n) is 12.4. The topological polar surface area (TPSA) is 73.0 Å². The van der Waals surface area contributed by atoms with Crippen LogP contribution < -0.4 is 5.32 Å². The molecule has 2 heterocycles. The Balaban J connectivity index is 1.71. The van der Waals surface area contributed by atoms with Crippen LogP contribution in [0.4, 0.5) is 0 Å². The van der Waals surface area contributed by atoms with E-state index in [1.54, 1.807) is 41.7 Å². The van der Waals surface area contributed by atoms with Gasteiger partial charge in [0.2, 0.25) is 5.91 Å². The number of rotatable bonds is 6. The van der Waals surface area contributed by atoms with E-state index in [2.05, 4.69) is 15.5 Å². The minimum Gasteiger partial charge on any atom is -0.465 e. The Kier molecular flexibility index (Phi) is 4.63. The Morgan fingerprint density at radius 3 is 2.65 bits per heavy atom. The van der Waals surface area contributed by atoms with Gasteiger partial charge in [-0.15, -0.1) is 0 Å². The minimum atomic E-state index is -0.225. The Bertz CT molecular complexity index is 749. The number of amides is 1. The van der Waals surface area contributed by atoms with E-state index >= 15 is 0 Å². The fraction of sp³-hybridized carbons (Fsp3) is 0.118. The summed E-state index contributed by atoms with van der Waals surface area (Å²) in [4.78, 5) is 13.7. The van der Waals surface area contributed by atoms with Gasteiger partial charge in [-0.2, -0.15) is 15.0 Å². The van der Waals surface area contributed by atoms with Crippen molar-refractivity contribution < 1.29 is 9.21 Å². The molecule has 3 aromatic rings. The number of furan rings is 1. The molecule has 1 N–H and O–H groups in total. The number of hydrogen-bond acceptors (Lipinski definition) is 4. The number of aromatic nitrogens is 3. The molecule has 0 saturated carbocycles. The highest BCUT2D eigenvalue weighted by molar-refractivity contribution is 5.91. The molecule has 23 heavy (non-hydrogen) atoms.